The van der Waals surface area contributed by atoms with Gasteiger partial charge in [-0.25, -0.2) is 12.8 Å². The van der Waals surface area contributed by atoms with E-state index in [2.05, 4.69) is 5.32 Å². The van der Waals surface area contributed by atoms with Gasteiger partial charge < -0.3 is 14.8 Å². The highest BCUT2D eigenvalue weighted by atomic mass is 32.2. The number of rotatable bonds is 8. The van der Waals surface area contributed by atoms with Crippen molar-refractivity contribution in [1.82, 2.24) is 4.31 Å². The van der Waals surface area contributed by atoms with Crippen LogP contribution in [0.15, 0.2) is 34.5 Å². The van der Waals surface area contributed by atoms with Crippen LogP contribution in [0.3, 0.4) is 0 Å². The summed E-state index contributed by atoms with van der Waals surface area (Å²) in [6.07, 6.45) is 1.62. The number of carbonyl (C=O) groups is 1. The largest absolute Gasteiger partial charge is 0.488 e. The quantitative estimate of drug-likeness (QED) is 0.654. The normalized spacial score (nSPS) is 14.9. The van der Waals surface area contributed by atoms with Crippen LogP contribution in [0.2, 0.25) is 0 Å². The number of anilines is 1. The molecule has 152 valence electrons. The number of ether oxygens (including phenoxy) is 2. The molecule has 1 aliphatic rings. The molecular formula is C18H21FN2O5S2. The van der Waals surface area contributed by atoms with Crippen LogP contribution in [-0.4, -0.2) is 52.0 Å². The van der Waals surface area contributed by atoms with Gasteiger partial charge in [-0.15, -0.1) is 11.3 Å². The SMILES string of the molecule is COCCOc1ccc(NC(=O)c2sccc2S(=O)(=O)N2CCCC2)cc1F. The summed E-state index contributed by atoms with van der Waals surface area (Å²) < 4.78 is 51.1. The zero-order valence-corrected chi connectivity index (χ0v) is 16.9. The van der Waals surface area contributed by atoms with Crippen LogP contribution in [0.4, 0.5) is 10.1 Å². The molecule has 0 spiro atoms. The summed E-state index contributed by atoms with van der Waals surface area (Å²) in [5.74, 6) is -1.19. The second-order valence-corrected chi connectivity index (χ2v) is 8.99. The molecule has 10 heteroatoms. The summed E-state index contributed by atoms with van der Waals surface area (Å²) in [5.41, 5.74) is 0.208. The Hall–Kier alpha value is -2.01. The number of sulfonamides is 1. The number of thiophene rings is 1. The van der Waals surface area contributed by atoms with Crippen LogP contribution in [0, 0.1) is 5.82 Å². The molecule has 2 aromatic rings. The summed E-state index contributed by atoms with van der Waals surface area (Å²) in [7, 11) is -2.20. The standard InChI is InChI=1S/C18H21FN2O5S2/c1-25-9-10-26-15-5-4-13(12-14(15)19)20-18(22)17-16(6-11-27-17)28(23,24)21-7-2-3-8-21/h4-6,11-12H,2-3,7-10H2,1H3,(H,20,22). The maximum Gasteiger partial charge on any atom is 0.267 e. The first kappa shape index (κ1) is 20.7. The molecule has 1 aromatic carbocycles. The Kier molecular flexibility index (Phi) is 6.65. The zero-order valence-electron chi connectivity index (χ0n) is 15.3. The van der Waals surface area contributed by atoms with E-state index in [1.165, 1.54) is 29.6 Å². The van der Waals surface area contributed by atoms with Crippen LogP contribution < -0.4 is 10.1 Å². The van der Waals surface area contributed by atoms with Gasteiger partial charge in [0.15, 0.2) is 11.6 Å². The summed E-state index contributed by atoms with van der Waals surface area (Å²) >= 11 is 1.03. The van der Waals surface area contributed by atoms with Crippen molar-refractivity contribution in [2.24, 2.45) is 0 Å². The molecule has 0 aliphatic carbocycles. The lowest BCUT2D eigenvalue weighted by molar-refractivity contribution is 0.102. The molecule has 1 saturated heterocycles. The molecule has 28 heavy (non-hydrogen) atoms. The maximum absolute atomic E-state index is 14.1. The van der Waals surface area contributed by atoms with Gasteiger partial charge in [-0.1, -0.05) is 0 Å². The summed E-state index contributed by atoms with van der Waals surface area (Å²) in [5, 5.41) is 4.11. The molecule has 7 nitrogen and oxygen atoms in total. The third-order valence-electron chi connectivity index (χ3n) is 4.25. The van der Waals surface area contributed by atoms with Gasteiger partial charge >= 0.3 is 0 Å². The summed E-state index contributed by atoms with van der Waals surface area (Å²) in [6.45, 7) is 1.43. The van der Waals surface area contributed by atoms with Crippen molar-refractivity contribution < 1.29 is 27.1 Å². The first-order chi connectivity index (χ1) is 13.4. The lowest BCUT2D eigenvalue weighted by atomic mass is 10.3. The second kappa shape index (κ2) is 8.99. The Labute approximate surface area is 167 Å². The van der Waals surface area contributed by atoms with Gasteiger partial charge in [0.1, 0.15) is 16.4 Å². The highest BCUT2D eigenvalue weighted by Gasteiger charge is 2.31. The summed E-state index contributed by atoms with van der Waals surface area (Å²) in [4.78, 5) is 12.7. The molecule has 3 rings (SSSR count). The monoisotopic (exact) mass is 428 g/mol. The van der Waals surface area contributed by atoms with E-state index in [9.17, 15) is 17.6 Å². The number of nitrogens with zero attached hydrogens (tertiary/aromatic N) is 1. The van der Waals surface area contributed by atoms with Gasteiger partial charge in [0.2, 0.25) is 10.0 Å². The highest BCUT2D eigenvalue weighted by molar-refractivity contribution is 7.89. The molecule has 0 saturated carbocycles. The highest BCUT2D eigenvalue weighted by Crippen LogP contribution is 2.29. The molecule has 1 N–H and O–H groups in total. The Morgan fingerprint density at radius 1 is 1.25 bits per heavy atom. The van der Waals surface area contributed by atoms with Crippen molar-refractivity contribution in [3.8, 4) is 5.75 Å². The molecule has 0 bridgehead atoms. The fourth-order valence-electron chi connectivity index (χ4n) is 2.85. The first-order valence-corrected chi connectivity index (χ1v) is 11.1. The average Bonchev–Trinajstić information content (AvgIpc) is 3.36. The van der Waals surface area contributed by atoms with Crippen molar-refractivity contribution in [2.45, 2.75) is 17.7 Å². The second-order valence-electron chi connectivity index (χ2n) is 6.17. The lowest BCUT2D eigenvalue weighted by Crippen LogP contribution is -2.29. The Bertz CT molecular complexity index is 939. The number of amides is 1. The van der Waals surface area contributed by atoms with E-state index in [1.807, 2.05) is 0 Å². The predicted octanol–water partition coefficient (Wildman–Crippen LogP) is 2.95. The van der Waals surface area contributed by atoms with Crippen molar-refractivity contribution in [2.75, 3.05) is 38.7 Å². The molecule has 1 aliphatic heterocycles. The number of nitrogens with one attached hydrogen (secondary N) is 1. The number of hydrogen-bond acceptors (Lipinski definition) is 6. The minimum Gasteiger partial charge on any atom is -0.488 e. The number of benzene rings is 1. The van der Waals surface area contributed by atoms with Crippen LogP contribution >= 0.6 is 11.3 Å². The number of hydrogen-bond donors (Lipinski definition) is 1. The van der Waals surface area contributed by atoms with Gasteiger partial charge in [0.05, 0.1) is 6.61 Å². The maximum atomic E-state index is 14.1. The van der Waals surface area contributed by atoms with Crippen molar-refractivity contribution in [3.05, 3.63) is 40.3 Å². The predicted molar refractivity (Wildman–Crippen MR) is 104 cm³/mol. The van der Waals surface area contributed by atoms with E-state index in [0.717, 1.165) is 30.2 Å². The number of halogens is 1. The van der Waals surface area contributed by atoms with Gasteiger partial charge in [0, 0.05) is 32.0 Å². The molecule has 1 aromatic heterocycles. The van der Waals surface area contributed by atoms with E-state index in [0.29, 0.717) is 19.7 Å². The van der Waals surface area contributed by atoms with Crippen molar-refractivity contribution in [1.29, 1.82) is 0 Å². The number of methoxy groups -OCH3 is 1. The Morgan fingerprint density at radius 2 is 2.00 bits per heavy atom. The van der Waals surface area contributed by atoms with Gasteiger partial charge in [-0.05, 0) is 36.4 Å². The Morgan fingerprint density at radius 3 is 2.68 bits per heavy atom. The first-order valence-electron chi connectivity index (χ1n) is 8.74. The van der Waals surface area contributed by atoms with E-state index < -0.39 is 21.7 Å². The molecule has 0 radical (unpaired) electrons. The molecule has 0 atom stereocenters. The molecular weight excluding hydrogens is 407 g/mol. The minimum absolute atomic E-state index is 0.0168. The van der Waals surface area contributed by atoms with E-state index in [-0.39, 0.29) is 27.8 Å². The topological polar surface area (TPSA) is 84.9 Å². The fourth-order valence-corrected chi connectivity index (χ4v) is 5.67. The third kappa shape index (κ3) is 4.52. The molecule has 1 amide bonds. The minimum atomic E-state index is -3.71. The van der Waals surface area contributed by atoms with E-state index >= 15 is 0 Å². The molecule has 1 fully saturated rings. The van der Waals surface area contributed by atoms with Gasteiger partial charge in [0.25, 0.3) is 5.91 Å². The van der Waals surface area contributed by atoms with Crippen LogP contribution in [-0.2, 0) is 14.8 Å². The lowest BCUT2D eigenvalue weighted by Gasteiger charge is -2.15. The van der Waals surface area contributed by atoms with Gasteiger partial charge in [-0.2, -0.15) is 4.31 Å². The van der Waals surface area contributed by atoms with E-state index in [1.54, 1.807) is 5.38 Å². The fraction of sp³-hybridized carbons (Fsp3) is 0.389. The Balaban J connectivity index is 1.74. The average molecular weight is 429 g/mol. The summed E-state index contributed by atoms with van der Waals surface area (Å²) in [6, 6.07) is 5.45. The van der Waals surface area contributed by atoms with Crippen molar-refractivity contribution >= 4 is 33.0 Å². The van der Waals surface area contributed by atoms with Crippen LogP contribution in [0.1, 0.15) is 22.5 Å². The van der Waals surface area contributed by atoms with Crippen LogP contribution in [0.5, 0.6) is 5.75 Å². The zero-order chi connectivity index (χ0) is 20.1. The molecule has 0 unspecified atom stereocenters. The molecule has 2 heterocycles. The van der Waals surface area contributed by atoms with Crippen molar-refractivity contribution in [3.63, 3.8) is 0 Å². The van der Waals surface area contributed by atoms with Gasteiger partial charge in [-0.3, -0.25) is 4.79 Å². The van der Waals surface area contributed by atoms with E-state index in [4.69, 9.17) is 9.47 Å². The number of carbonyl (C=O) groups excluding carboxylic acids is 1. The van der Waals surface area contributed by atoms with Crippen LogP contribution in [0.25, 0.3) is 0 Å². The third-order valence-corrected chi connectivity index (χ3v) is 7.24. The smallest absolute Gasteiger partial charge is 0.267 e.